The highest BCUT2D eigenvalue weighted by atomic mass is 32.2. The zero-order valence-corrected chi connectivity index (χ0v) is 23.0. The van der Waals surface area contributed by atoms with Crippen molar-refractivity contribution in [2.75, 3.05) is 11.6 Å². The molecule has 3 heterocycles. The van der Waals surface area contributed by atoms with Gasteiger partial charge in [0.05, 0.1) is 6.26 Å². The lowest BCUT2D eigenvalue weighted by Crippen LogP contribution is -2.61. The van der Waals surface area contributed by atoms with Gasteiger partial charge in [-0.05, 0) is 42.5 Å². The Kier molecular flexibility index (Phi) is 6.21. The molecule has 2 bridgehead atoms. The number of anilines is 1. The van der Waals surface area contributed by atoms with Crippen molar-refractivity contribution in [2.24, 2.45) is 28.1 Å². The number of carbonyl (C=O) groups is 2. The molecule has 3 fully saturated rings. The Morgan fingerprint density at radius 2 is 1.92 bits per heavy atom. The quantitative estimate of drug-likeness (QED) is 0.486. The van der Waals surface area contributed by atoms with Crippen LogP contribution >= 0.6 is 11.3 Å². The number of likely N-dealkylation sites (tertiary alicyclic amines) is 1. The molecule has 2 N–H and O–H groups in total. The zero-order valence-electron chi connectivity index (χ0n) is 20.6. The third-order valence-electron chi connectivity index (χ3n) is 8.06. The number of amidine groups is 1. The molecule has 1 aromatic heterocycles. The molecule has 2 aromatic rings. The largest absolute Gasteiger partial charge is 0.333 e. The highest BCUT2D eigenvalue weighted by molar-refractivity contribution is 7.91. The Bertz CT molecular complexity index is 1660. The van der Waals surface area contributed by atoms with Crippen LogP contribution in [0.15, 0.2) is 32.9 Å². The summed E-state index contributed by atoms with van der Waals surface area (Å²) in [6, 6.07) is 2.65. The molecule has 5 atom stereocenters. The van der Waals surface area contributed by atoms with Gasteiger partial charge in [-0.3, -0.25) is 9.59 Å². The Morgan fingerprint density at radius 1 is 1.18 bits per heavy atom. The van der Waals surface area contributed by atoms with Crippen molar-refractivity contribution in [3.63, 3.8) is 0 Å². The molecule has 6 rings (SSSR count). The van der Waals surface area contributed by atoms with Gasteiger partial charge in [-0.25, -0.2) is 21.9 Å². The Hall–Kier alpha value is -2.75. The van der Waals surface area contributed by atoms with E-state index in [9.17, 15) is 35.2 Å². The monoisotopic (exact) mass is 598 g/mol. The van der Waals surface area contributed by atoms with Crippen LogP contribution in [0.5, 0.6) is 0 Å². The summed E-state index contributed by atoms with van der Waals surface area (Å²) in [4.78, 5) is 28.9. The number of benzene rings is 1. The number of sulfonamides is 2. The van der Waals surface area contributed by atoms with Crippen molar-refractivity contribution >= 4 is 53.9 Å². The summed E-state index contributed by atoms with van der Waals surface area (Å²) >= 11 is 0.986. The lowest BCUT2D eigenvalue weighted by atomic mass is 9.73. The molecule has 2 aliphatic carbocycles. The van der Waals surface area contributed by atoms with Crippen LogP contribution in [0.1, 0.15) is 30.4 Å². The highest BCUT2D eigenvalue weighted by Gasteiger charge is 2.61. The first-order valence-corrected chi connectivity index (χ1v) is 16.5. The van der Waals surface area contributed by atoms with Gasteiger partial charge in [-0.15, -0.1) is 15.7 Å². The Balaban J connectivity index is 1.37. The summed E-state index contributed by atoms with van der Waals surface area (Å²) < 4.78 is 83.7. The number of rotatable bonds is 6. The van der Waals surface area contributed by atoms with E-state index >= 15 is 0 Å². The van der Waals surface area contributed by atoms with Gasteiger partial charge >= 0.3 is 0 Å². The smallest absolute Gasteiger partial charge is 0.287 e. The summed E-state index contributed by atoms with van der Waals surface area (Å²) in [6.07, 6.45) is 3.33. The minimum Gasteiger partial charge on any atom is -0.333 e. The summed E-state index contributed by atoms with van der Waals surface area (Å²) in [7, 11) is -7.98. The number of carbonyl (C=O) groups excluding carboxylic acids is 2. The van der Waals surface area contributed by atoms with Crippen LogP contribution in [-0.2, 0) is 42.7 Å². The van der Waals surface area contributed by atoms with Crippen molar-refractivity contribution in [3.05, 3.63) is 46.3 Å². The summed E-state index contributed by atoms with van der Waals surface area (Å²) in [6.45, 7) is -0.466. The third kappa shape index (κ3) is 4.48. The van der Waals surface area contributed by atoms with Crippen molar-refractivity contribution < 1.29 is 35.2 Å². The lowest BCUT2D eigenvalue weighted by Gasteiger charge is -2.45. The van der Waals surface area contributed by atoms with Crippen LogP contribution in [0, 0.1) is 35.3 Å². The van der Waals surface area contributed by atoms with Gasteiger partial charge in [0.25, 0.3) is 10.0 Å². The number of ketones is 1. The molecule has 0 radical (unpaired) electrons. The van der Waals surface area contributed by atoms with Gasteiger partial charge in [0.1, 0.15) is 27.4 Å². The van der Waals surface area contributed by atoms with E-state index in [1.807, 2.05) is 0 Å². The number of nitrogens with one attached hydrogen (secondary N) is 2. The number of hydrogen-bond acceptors (Lipinski definition) is 8. The number of fused-ring (bicyclic) bond motifs is 6. The van der Waals surface area contributed by atoms with E-state index in [0.29, 0.717) is 0 Å². The first-order chi connectivity index (χ1) is 18.3. The molecule has 1 amide bonds. The molecule has 208 valence electrons. The molecule has 10 nitrogen and oxygen atoms in total. The summed E-state index contributed by atoms with van der Waals surface area (Å²) in [5, 5.41) is 4.43. The summed E-state index contributed by atoms with van der Waals surface area (Å²) in [5.41, 5.74) is 0.271. The van der Waals surface area contributed by atoms with Crippen LogP contribution in [-0.4, -0.2) is 51.6 Å². The normalized spacial score (nSPS) is 29.2. The van der Waals surface area contributed by atoms with E-state index in [1.165, 1.54) is 16.3 Å². The van der Waals surface area contributed by atoms with E-state index in [2.05, 4.69) is 14.4 Å². The maximum atomic E-state index is 14.6. The minimum absolute atomic E-state index is 0.0235. The molecule has 1 saturated heterocycles. The fraction of sp³-hybridized carbons (Fsp3) is 0.458. The Morgan fingerprint density at radius 3 is 2.64 bits per heavy atom. The second-order valence-electron chi connectivity index (χ2n) is 10.5. The predicted octanol–water partition coefficient (Wildman–Crippen LogP) is 2.23. The highest BCUT2D eigenvalue weighted by Crippen LogP contribution is 2.54. The van der Waals surface area contributed by atoms with E-state index in [1.54, 1.807) is 0 Å². The van der Waals surface area contributed by atoms with Crippen LogP contribution in [0.3, 0.4) is 0 Å². The SMILES string of the molecule is CS(=O)(=O)NCc1csc2c1S(=O)(=O)N=C(C1C(=O)[C@@H]3[C@H]4CCC(C4)[C@@H]3N(Cc3ccc(F)cc3F)C1=O)N2. The van der Waals surface area contributed by atoms with Crippen LogP contribution in [0.25, 0.3) is 0 Å². The average molecular weight is 599 g/mol. The lowest BCUT2D eigenvalue weighted by molar-refractivity contribution is -0.153. The first-order valence-electron chi connectivity index (χ1n) is 12.3. The van der Waals surface area contributed by atoms with Gasteiger partial charge < -0.3 is 10.2 Å². The average Bonchev–Trinajstić information content (AvgIpc) is 3.56. The fourth-order valence-electron chi connectivity index (χ4n) is 6.53. The number of nitrogens with zero attached hydrogens (tertiary/aromatic N) is 2. The predicted molar refractivity (Wildman–Crippen MR) is 138 cm³/mol. The van der Waals surface area contributed by atoms with Gasteiger partial charge in [-0.2, -0.15) is 8.42 Å². The molecule has 2 saturated carbocycles. The number of amides is 1. The number of halogens is 2. The van der Waals surface area contributed by atoms with E-state index in [0.717, 1.165) is 49.0 Å². The molecule has 15 heteroatoms. The minimum atomic E-state index is -4.39. The number of Topliss-reactive ketones (excluding diaryl/α,β-unsaturated/α-hetero) is 1. The maximum Gasteiger partial charge on any atom is 0.287 e. The van der Waals surface area contributed by atoms with Crippen molar-refractivity contribution in [1.29, 1.82) is 0 Å². The van der Waals surface area contributed by atoms with Gasteiger partial charge in [-0.1, -0.05) is 6.07 Å². The molecule has 1 aromatic carbocycles. The Labute approximate surface area is 227 Å². The topological polar surface area (TPSA) is 142 Å². The third-order valence-corrected chi connectivity index (χ3v) is 11.2. The standard InChI is InChI=1S/C24H24F2N4O6S3/c1-38(33,34)27-8-14-10-37-23-21(14)39(35,36)29-22(28-23)18-20(31)17-11-2-3-12(6-11)19(17)30(24(18)32)9-13-4-5-15(25)7-16(13)26/h4-5,7,10-12,17-19,27H,2-3,6,8-9H2,1H3,(H,28,29)/t11-,12?,17+,18?,19-/m0/s1. The van der Waals surface area contributed by atoms with Crippen LogP contribution < -0.4 is 10.0 Å². The number of thiophene rings is 1. The molecule has 39 heavy (non-hydrogen) atoms. The number of piperidine rings is 1. The van der Waals surface area contributed by atoms with Gasteiger partial charge in [0.2, 0.25) is 15.9 Å². The van der Waals surface area contributed by atoms with Gasteiger partial charge in [0.15, 0.2) is 11.7 Å². The first kappa shape index (κ1) is 26.5. The van der Waals surface area contributed by atoms with E-state index in [4.69, 9.17) is 0 Å². The maximum absolute atomic E-state index is 14.6. The molecule has 2 aliphatic heterocycles. The molecule has 4 aliphatic rings. The number of hydrogen-bond donors (Lipinski definition) is 2. The van der Waals surface area contributed by atoms with Gasteiger partial charge in [0, 0.05) is 42.2 Å². The zero-order chi connectivity index (χ0) is 27.9. The van der Waals surface area contributed by atoms with Crippen molar-refractivity contribution in [1.82, 2.24) is 9.62 Å². The summed E-state index contributed by atoms with van der Waals surface area (Å²) in [5.74, 6) is -4.97. The molecule has 2 unspecified atom stereocenters. The van der Waals surface area contributed by atoms with E-state index < -0.39 is 61.2 Å². The van der Waals surface area contributed by atoms with Crippen LogP contribution in [0.4, 0.5) is 13.8 Å². The molecular formula is C24H24F2N4O6S3. The van der Waals surface area contributed by atoms with Crippen molar-refractivity contribution in [3.8, 4) is 0 Å². The molecular weight excluding hydrogens is 574 g/mol. The van der Waals surface area contributed by atoms with E-state index in [-0.39, 0.29) is 51.8 Å². The molecule has 0 spiro atoms. The van der Waals surface area contributed by atoms with Crippen LogP contribution in [0.2, 0.25) is 0 Å². The second-order valence-corrected chi connectivity index (χ2v) is 14.7. The fourth-order valence-corrected chi connectivity index (χ4v) is 9.59. The second kappa shape index (κ2) is 9.14. The van der Waals surface area contributed by atoms with Crippen molar-refractivity contribution in [2.45, 2.75) is 43.3 Å².